The zero-order valence-electron chi connectivity index (χ0n) is 13.0. The molecule has 0 fully saturated rings. The number of anilines is 1. The second kappa shape index (κ2) is 8.76. The molecule has 0 aliphatic carbocycles. The predicted molar refractivity (Wildman–Crippen MR) is 96.0 cm³/mol. The van der Waals surface area contributed by atoms with Crippen molar-refractivity contribution < 1.29 is 9.59 Å². The molecule has 0 radical (unpaired) electrons. The van der Waals surface area contributed by atoms with Crippen LogP contribution in [0.5, 0.6) is 0 Å². The lowest BCUT2D eigenvalue weighted by Gasteiger charge is -2.07. The van der Waals surface area contributed by atoms with Gasteiger partial charge in [-0.15, -0.1) is 6.42 Å². The van der Waals surface area contributed by atoms with Crippen LogP contribution in [0.4, 0.5) is 5.69 Å². The average molecular weight is 341 g/mol. The first-order valence-electron chi connectivity index (χ1n) is 7.49. The summed E-state index contributed by atoms with van der Waals surface area (Å²) in [4.78, 5) is 23.8. The van der Waals surface area contributed by atoms with E-state index >= 15 is 0 Å². The van der Waals surface area contributed by atoms with E-state index < -0.39 is 0 Å². The third-order valence-electron chi connectivity index (χ3n) is 3.29. The van der Waals surface area contributed by atoms with Crippen LogP contribution in [0.1, 0.15) is 28.8 Å². The first-order valence-corrected chi connectivity index (χ1v) is 7.86. The standard InChI is InChI=1S/C19H17ClN2O2/c1-2-14-5-3-6-17(13-14)22-18(23)7-4-12-21-19(24)15-8-10-16(20)11-9-15/h1,3,5-6,8-11,13H,4,7,12H2,(H,21,24)(H,22,23). The van der Waals surface area contributed by atoms with Crippen LogP contribution >= 0.6 is 11.6 Å². The molecule has 2 rings (SSSR count). The maximum absolute atomic E-state index is 11.9. The van der Waals surface area contributed by atoms with E-state index in [1.54, 1.807) is 48.5 Å². The number of terminal acetylenes is 1. The molecule has 0 aliphatic heterocycles. The van der Waals surface area contributed by atoms with Gasteiger partial charge in [0.25, 0.3) is 5.91 Å². The highest BCUT2D eigenvalue weighted by molar-refractivity contribution is 6.30. The zero-order valence-corrected chi connectivity index (χ0v) is 13.8. The number of nitrogens with one attached hydrogen (secondary N) is 2. The van der Waals surface area contributed by atoms with Gasteiger partial charge < -0.3 is 10.6 Å². The maximum Gasteiger partial charge on any atom is 0.251 e. The second-order valence-electron chi connectivity index (χ2n) is 5.14. The molecule has 0 saturated heterocycles. The summed E-state index contributed by atoms with van der Waals surface area (Å²) in [6, 6.07) is 13.7. The molecule has 0 heterocycles. The quantitative estimate of drug-likeness (QED) is 0.625. The van der Waals surface area contributed by atoms with E-state index in [0.29, 0.717) is 41.2 Å². The molecule has 2 amide bonds. The van der Waals surface area contributed by atoms with Crippen LogP contribution in [0.25, 0.3) is 0 Å². The van der Waals surface area contributed by atoms with Gasteiger partial charge in [0.1, 0.15) is 0 Å². The highest BCUT2D eigenvalue weighted by Gasteiger charge is 2.06. The SMILES string of the molecule is C#Cc1cccc(NC(=O)CCCNC(=O)c2ccc(Cl)cc2)c1. The molecule has 0 unspecified atom stereocenters. The number of carbonyl (C=O) groups excluding carboxylic acids is 2. The molecule has 0 spiro atoms. The van der Waals surface area contributed by atoms with Crippen LogP contribution in [-0.4, -0.2) is 18.4 Å². The minimum Gasteiger partial charge on any atom is -0.352 e. The second-order valence-corrected chi connectivity index (χ2v) is 5.58. The zero-order chi connectivity index (χ0) is 17.4. The normalized spacial score (nSPS) is 9.83. The van der Waals surface area contributed by atoms with Crippen LogP contribution in [0.2, 0.25) is 5.02 Å². The minimum absolute atomic E-state index is 0.120. The van der Waals surface area contributed by atoms with Crippen molar-refractivity contribution >= 4 is 29.1 Å². The van der Waals surface area contributed by atoms with Crippen molar-refractivity contribution in [1.82, 2.24) is 5.32 Å². The Balaban J connectivity index is 1.71. The number of benzene rings is 2. The van der Waals surface area contributed by atoms with Gasteiger partial charge in [0.05, 0.1) is 0 Å². The number of carbonyl (C=O) groups is 2. The summed E-state index contributed by atoms with van der Waals surface area (Å²) >= 11 is 5.78. The Hall–Kier alpha value is -2.77. The molecule has 122 valence electrons. The maximum atomic E-state index is 11.9. The van der Waals surface area contributed by atoms with Gasteiger partial charge >= 0.3 is 0 Å². The molecular weight excluding hydrogens is 324 g/mol. The van der Waals surface area contributed by atoms with Crippen molar-refractivity contribution in [2.24, 2.45) is 0 Å². The molecule has 0 bridgehead atoms. The third-order valence-corrected chi connectivity index (χ3v) is 3.54. The lowest BCUT2D eigenvalue weighted by Crippen LogP contribution is -2.25. The first kappa shape index (κ1) is 17.6. The summed E-state index contributed by atoms with van der Waals surface area (Å²) in [6.45, 7) is 0.416. The largest absolute Gasteiger partial charge is 0.352 e. The van der Waals surface area contributed by atoms with Gasteiger partial charge in [-0.2, -0.15) is 0 Å². The number of rotatable bonds is 6. The van der Waals surface area contributed by atoms with Crippen molar-refractivity contribution in [1.29, 1.82) is 0 Å². The van der Waals surface area contributed by atoms with E-state index in [4.69, 9.17) is 18.0 Å². The summed E-state index contributed by atoms with van der Waals surface area (Å²) in [7, 11) is 0. The highest BCUT2D eigenvalue weighted by Crippen LogP contribution is 2.11. The number of amides is 2. The van der Waals surface area contributed by atoms with E-state index in [1.165, 1.54) is 0 Å². The summed E-state index contributed by atoms with van der Waals surface area (Å²) in [5, 5.41) is 6.13. The van der Waals surface area contributed by atoms with Gasteiger partial charge in [-0.25, -0.2) is 0 Å². The molecule has 2 N–H and O–H groups in total. The Kier molecular flexibility index (Phi) is 6.41. The van der Waals surface area contributed by atoms with Crippen LogP contribution in [0, 0.1) is 12.3 Å². The predicted octanol–water partition coefficient (Wildman–Crippen LogP) is 3.47. The van der Waals surface area contributed by atoms with Crippen LogP contribution < -0.4 is 10.6 Å². The van der Waals surface area contributed by atoms with Crippen LogP contribution in [0.3, 0.4) is 0 Å². The lowest BCUT2D eigenvalue weighted by atomic mass is 10.2. The van der Waals surface area contributed by atoms with Crippen LogP contribution in [0.15, 0.2) is 48.5 Å². The molecular formula is C19H17ClN2O2. The van der Waals surface area contributed by atoms with E-state index in [-0.39, 0.29) is 11.8 Å². The number of hydrogen-bond acceptors (Lipinski definition) is 2. The lowest BCUT2D eigenvalue weighted by molar-refractivity contribution is -0.116. The van der Waals surface area contributed by atoms with E-state index in [9.17, 15) is 9.59 Å². The molecule has 0 atom stereocenters. The van der Waals surface area contributed by atoms with Crippen molar-refractivity contribution in [3.8, 4) is 12.3 Å². The molecule has 4 nitrogen and oxygen atoms in total. The summed E-state index contributed by atoms with van der Waals surface area (Å²) < 4.78 is 0. The Morgan fingerprint density at radius 2 is 1.88 bits per heavy atom. The third kappa shape index (κ3) is 5.45. The molecule has 0 saturated carbocycles. The first-order chi connectivity index (χ1) is 11.6. The summed E-state index contributed by atoms with van der Waals surface area (Å²) in [5.41, 5.74) is 1.92. The topological polar surface area (TPSA) is 58.2 Å². The molecule has 5 heteroatoms. The molecule has 2 aromatic rings. The number of halogens is 1. The minimum atomic E-state index is -0.186. The molecule has 2 aromatic carbocycles. The van der Waals surface area contributed by atoms with Gasteiger partial charge in [-0.05, 0) is 48.9 Å². The smallest absolute Gasteiger partial charge is 0.251 e. The Morgan fingerprint density at radius 3 is 2.58 bits per heavy atom. The Morgan fingerprint density at radius 1 is 1.12 bits per heavy atom. The highest BCUT2D eigenvalue weighted by atomic mass is 35.5. The summed E-state index contributed by atoms with van der Waals surface area (Å²) in [6.07, 6.45) is 6.17. The average Bonchev–Trinajstić information content (AvgIpc) is 2.59. The van der Waals surface area contributed by atoms with Crippen molar-refractivity contribution in [2.45, 2.75) is 12.8 Å². The van der Waals surface area contributed by atoms with Crippen LogP contribution in [-0.2, 0) is 4.79 Å². The van der Waals surface area contributed by atoms with Gasteiger partial charge in [-0.3, -0.25) is 9.59 Å². The van der Waals surface area contributed by atoms with Gasteiger partial charge in [-0.1, -0.05) is 23.6 Å². The fourth-order valence-electron chi connectivity index (χ4n) is 2.06. The Bertz CT molecular complexity index is 764. The van der Waals surface area contributed by atoms with Gasteiger partial charge in [0, 0.05) is 34.8 Å². The molecule has 24 heavy (non-hydrogen) atoms. The van der Waals surface area contributed by atoms with E-state index in [0.717, 1.165) is 0 Å². The van der Waals surface area contributed by atoms with E-state index in [1.807, 2.05) is 0 Å². The van der Waals surface area contributed by atoms with Gasteiger partial charge in [0.15, 0.2) is 0 Å². The van der Waals surface area contributed by atoms with Crippen molar-refractivity contribution in [3.05, 3.63) is 64.7 Å². The monoisotopic (exact) mass is 340 g/mol. The Labute approximate surface area is 146 Å². The van der Waals surface area contributed by atoms with Gasteiger partial charge in [0.2, 0.25) is 5.91 Å². The fraction of sp³-hybridized carbons (Fsp3) is 0.158. The number of hydrogen-bond donors (Lipinski definition) is 2. The summed E-state index contributed by atoms with van der Waals surface area (Å²) in [5.74, 6) is 2.21. The van der Waals surface area contributed by atoms with Crippen molar-refractivity contribution in [2.75, 3.05) is 11.9 Å². The molecule has 0 aromatic heterocycles. The van der Waals surface area contributed by atoms with Crippen molar-refractivity contribution in [3.63, 3.8) is 0 Å². The fourth-order valence-corrected chi connectivity index (χ4v) is 2.19. The van der Waals surface area contributed by atoms with E-state index in [2.05, 4.69) is 16.6 Å². The molecule has 0 aliphatic rings.